The van der Waals surface area contributed by atoms with E-state index in [2.05, 4.69) is 44.2 Å². The number of carbonyl (C=O) groups is 2. The number of fused-ring (bicyclic) bond motifs is 2. The Morgan fingerprint density at radius 1 is 0.484 bits per heavy atom. The summed E-state index contributed by atoms with van der Waals surface area (Å²) in [6.07, 6.45) is 20.9. The van der Waals surface area contributed by atoms with Crippen LogP contribution in [0.2, 0.25) is 0 Å². The molecule has 7 rings (SSSR count). The van der Waals surface area contributed by atoms with Crippen molar-refractivity contribution in [1.29, 1.82) is 0 Å². The molecule has 2 aliphatic heterocycles. The number of anilines is 2. The fraction of sp³-hybridized carbons (Fsp3) is 0.500. The molecule has 2 unspecified atom stereocenters. The summed E-state index contributed by atoms with van der Waals surface area (Å²) < 4.78 is 22.8. The Morgan fingerprint density at radius 2 is 0.891 bits per heavy atom. The minimum Gasteiger partial charge on any atom is -0.494 e. The maximum Gasteiger partial charge on any atom is 0.258 e. The van der Waals surface area contributed by atoms with Crippen molar-refractivity contribution in [2.24, 2.45) is 0 Å². The lowest BCUT2D eigenvalue weighted by atomic mass is 10.0. The van der Waals surface area contributed by atoms with Crippen molar-refractivity contribution in [2.45, 2.75) is 142 Å². The van der Waals surface area contributed by atoms with Gasteiger partial charge in [-0.15, -0.1) is 0 Å². The van der Waals surface area contributed by atoms with Crippen LogP contribution in [-0.2, 0) is 9.47 Å². The minimum absolute atomic E-state index is 0.0351. The summed E-state index contributed by atoms with van der Waals surface area (Å²) in [6, 6.07) is 32.3. The van der Waals surface area contributed by atoms with Crippen LogP contribution in [0.5, 0.6) is 11.5 Å². The van der Waals surface area contributed by atoms with Crippen LogP contribution in [0.3, 0.4) is 0 Å². The van der Waals surface area contributed by atoms with Gasteiger partial charge in [-0.1, -0.05) is 108 Å². The molecule has 2 aliphatic rings. The summed E-state index contributed by atoms with van der Waals surface area (Å²) in [4.78, 5) is 33.2. The standard InChI is InChI=1S/C56H72N2O6/c1-3-5-7-9-11-15-32-57(55(59)47-26-24-45-38-51(30-28-43(45)36-47)61-34-17-13-22-53-41-63-53)49-20-19-21-50(40-49)58(33-16-12-10-8-6-4-2)56(60)48-27-25-46-39-52(31-29-44(46)37-48)62-35-18-14-23-54-42-64-54/h19-21,24-31,36-40,53-54H,3-18,22-23,32-35,41-42H2,1-2H3. The third-order valence-corrected chi connectivity index (χ3v) is 12.7. The smallest absolute Gasteiger partial charge is 0.258 e. The van der Waals surface area contributed by atoms with Crippen LogP contribution < -0.4 is 19.3 Å². The topological polar surface area (TPSA) is 84.1 Å². The average molecular weight is 869 g/mol. The third-order valence-electron chi connectivity index (χ3n) is 12.7. The second-order valence-corrected chi connectivity index (χ2v) is 18.0. The number of amides is 2. The van der Waals surface area contributed by atoms with Crippen molar-refractivity contribution in [2.75, 3.05) is 49.3 Å². The minimum atomic E-state index is -0.0351. The van der Waals surface area contributed by atoms with Gasteiger partial charge in [0.1, 0.15) is 11.5 Å². The molecule has 0 N–H and O–H groups in total. The van der Waals surface area contributed by atoms with E-state index in [0.717, 1.165) is 135 Å². The van der Waals surface area contributed by atoms with E-state index in [1.807, 2.05) is 76.5 Å². The maximum absolute atomic E-state index is 14.7. The number of unbranched alkanes of at least 4 members (excludes halogenated alkanes) is 12. The Bertz CT molecular complexity index is 2080. The lowest BCUT2D eigenvalue weighted by Gasteiger charge is -2.27. The Labute approximate surface area is 382 Å². The fourth-order valence-corrected chi connectivity index (χ4v) is 8.63. The van der Waals surface area contributed by atoms with Crippen LogP contribution in [0, 0.1) is 0 Å². The molecule has 2 saturated heterocycles. The van der Waals surface area contributed by atoms with Crippen molar-refractivity contribution >= 4 is 44.7 Å². The second kappa shape index (κ2) is 25.0. The molecule has 5 aromatic rings. The van der Waals surface area contributed by atoms with Crippen LogP contribution in [0.4, 0.5) is 11.4 Å². The molecule has 2 fully saturated rings. The van der Waals surface area contributed by atoms with E-state index < -0.39 is 0 Å². The third kappa shape index (κ3) is 14.5. The number of hydrogen-bond donors (Lipinski definition) is 0. The molecule has 2 amide bonds. The molecule has 64 heavy (non-hydrogen) atoms. The normalized spacial score (nSPS) is 15.3. The summed E-state index contributed by atoms with van der Waals surface area (Å²) in [5.74, 6) is 1.62. The molecular formula is C56H72N2O6. The van der Waals surface area contributed by atoms with E-state index in [0.29, 0.717) is 49.6 Å². The van der Waals surface area contributed by atoms with Gasteiger partial charge in [0.15, 0.2) is 0 Å². The van der Waals surface area contributed by atoms with E-state index in [1.54, 1.807) is 0 Å². The van der Waals surface area contributed by atoms with E-state index in [1.165, 1.54) is 38.5 Å². The molecular weight excluding hydrogens is 797 g/mol. The van der Waals surface area contributed by atoms with Gasteiger partial charge in [-0.25, -0.2) is 0 Å². The van der Waals surface area contributed by atoms with E-state index in [4.69, 9.17) is 18.9 Å². The van der Waals surface area contributed by atoms with Gasteiger partial charge in [0.05, 0.1) is 38.6 Å². The lowest BCUT2D eigenvalue weighted by Crippen LogP contribution is -2.34. The van der Waals surface area contributed by atoms with E-state index >= 15 is 0 Å². The zero-order valence-electron chi connectivity index (χ0n) is 38.7. The molecule has 8 nitrogen and oxygen atoms in total. The first-order valence-electron chi connectivity index (χ1n) is 24.8. The van der Waals surface area contributed by atoms with Gasteiger partial charge in [-0.05, 0) is 140 Å². The van der Waals surface area contributed by atoms with E-state index in [-0.39, 0.29) is 11.8 Å². The van der Waals surface area contributed by atoms with Crippen molar-refractivity contribution in [1.82, 2.24) is 0 Å². The quantitative estimate of drug-likeness (QED) is 0.0338. The predicted molar refractivity (Wildman–Crippen MR) is 263 cm³/mol. The van der Waals surface area contributed by atoms with Crippen molar-refractivity contribution in [3.8, 4) is 11.5 Å². The van der Waals surface area contributed by atoms with Gasteiger partial charge in [-0.3, -0.25) is 9.59 Å². The maximum atomic E-state index is 14.7. The van der Waals surface area contributed by atoms with Gasteiger partial charge in [0.2, 0.25) is 0 Å². The Balaban J connectivity index is 1.08. The fourth-order valence-electron chi connectivity index (χ4n) is 8.63. The molecule has 342 valence electrons. The summed E-state index contributed by atoms with van der Waals surface area (Å²) >= 11 is 0. The van der Waals surface area contributed by atoms with Crippen molar-refractivity contribution in [3.63, 3.8) is 0 Å². The molecule has 8 heteroatoms. The van der Waals surface area contributed by atoms with Crippen LogP contribution in [0.15, 0.2) is 97.1 Å². The summed E-state index contributed by atoms with van der Waals surface area (Å²) in [7, 11) is 0. The number of hydrogen-bond acceptors (Lipinski definition) is 6. The second-order valence-electron chi connectivity index (χ2n) is 18.0. The first-order chi connectivity index (χ1) is 31.5. The van der Waals surface area contributed by atoms with Crippen molar-refractivity contribution in [3.05, 3.63) is 108 Å². The van der Waals surface area contributed by atoms with E-state index in [9.17, 15) is 9.59 Å². The zero-order chi connectivity index (χ0) is 44.4. The molecule has 0 radical (unpaired) electrons. The van der Waals surface area contributed by atoms with Gasteiger partial charge in [-0.2, -0.15) is 0 Å². The average Bonchev–Trinajstić information content (AvgIpc) is 4.28. The number of carbonyl (C=O) groups excluding carboxylic acids is 2. The zero-order valence-corrected chi connectivity index (χ0v) is 38.7. The molecule has 0 bridgehead atoms. The highest BCUT2D eigenvalue weighted by molar-refractivity contribution is 6.10. The molecule has 2 heterocycles. The number of epoxide rings is 2. The number of ether oxygens (including phenoxy) is 4. The molecule has 0 aromatic heterocycles. The van der Waals surface area contributed by atoms with Gasteiger partial charge in [0, 0.05) is 35.6 Å². The Hall–Kier alpha value is -4.92. The van der Waals surface area contributed by atoms with Gasteiger partial charge < -0.3 is 28.7 Å². The van der Waals surface area contributed by atoms with Gasteiger partial charge >= 0.3 is 0 Å². The Kier molecular flexibility index (Phi) is 18.3. The summed E-state index contributed by atoms with van der Waals surface area (Å²) in [6.45, 7) is 8.84. The highest BCUT2D eigenvalue weighted by Gasteiger charge is 2.24. The first kappa shape index (κ1) is 47.1. The predicted octanol–water partition coefficient (Wildman–Crippen LogP) is 13.9. The molecule has 0 spiro atoms. The summed E-state index contributed by atoms with van der Waals surface area (Å²) in [5, 5.41) is 4.09. The first-order valence-corrected chi connectivity index (χ1v) is 24.8. The van der Waals surface area contributed by atoms with Crippen LogP contribution in [-0.4, -0.2) is 63.5 Å². The van der Waals surface area contributed by atoms with Crippen LogP contribution in [0.1, 0.15) is 150 Å². The number of benzene rings is 5. The number of nitrogens with zero attached hydrogens (tertiary/aromatic N) is 2. The van der Waals surface area contributed by atoms with Crippen LogP contribution in [0.25, 0.3) is 21.5 Å². The molecule has 0 saturated carbocycles. The van der Waals surface area contributed by atoms with Crippen molar-refractivity contribution < 1.29 is 28.5 Å². The highest BCUT2D eigenvalue weighted by atomic mass is 16.6. The lowest BCUT2D eigenvalue weighted by molar-refractivity contribution is 0.0980. The van der Waals surface area contributed by atoms with Crippen LogP contribution >= 0.6 is 0 Å². The molecule has 0 aliphatic carbocycles. The molecule has 2 atom stereocenters. The monoisotopic (exact) mass is 869 g/mol. The van der Waals surface area contributed by atoms with Gasteiger partial charge in [0.25, 0.3) is 11.8 Å². The Morgan fingerprint density at radius 3 is 1.33 bits per heavy atom. The number of rotatable bonds is 30. The highest BCUT2D eigenvalue weighted by Crippen LogP contribution is 2.30. The summed E-state index contributed by atoms with van der Waals surface area (Å²) in [5.41, 5.74) is 2.91. The largest absolute Gasteiger partial charge is 0.494 e. The molecule has 5 aromatic carbocycles. The SMILES string of the molecule is CCCCCCCCN(C(=O)c1ccc2cc(OCCCCC3CO3)ccc2c1)c1cccc(N(CCCCCCCC)C(=O)c2ccc3cc(OCCCCC4CO4)ccc3c2)c1.